The Morgan fingerprint density at radius 1 is 1.00 bits per heavy atom. The maximum Gasteiger partial charge on any atom is 0.382 e. The first-order chi connectivity index (χ1) is 15.8. The van der Waals surface area contributed by atoms with Gasteiger partial charge in [0.25, 0.3) is 0 Å². The van der Waals surface area contributed by atoms with E-state index in [0.717, 1.165) is 31.2 Å². The Kier molecular flexibility index (Phi) is 8.56. The van der Waals surface area contributed by atoms with Crippen LogP contribution in [0.15, 0.2) is 60.7 Å². The molecule has 2 aromatic carbocycles. The van der Waals surface area contributed by atoms with Crippen molar-refractivity contribution in [2.45, 2.75) is 64.8 Å². The molecule has 3 rings (SSSR count). The predicted molar refractivity (Wildman–Crippen MR) is 129 cm³/mol. The van der Waals surface area contributed by atoms with Gasteiger partial charge in [-0.25, -0.2) is 9.59 Å². The number of nitrogens with one attached hydrogen (secondary N) is 1. The summed E-state index contributed by atoms with van der Waals surface area (Å²) in [6.07, 6.45) is 4.22. The summed E-state index contributed by atoms with van der Waals surface area (Å²) in [4.78, 5) is 38.2. The third kappa shape index (κ3) is 6.38. The zero-order valence-corrected chi connectivity index (χ0v) is 19.9. The summed E-state index contributed by atoms with van der Waals surface area (Å²) in [5.74, 6) is -2.44. The average molecular weight is 450 g/mol. The van der Waals surface area contributed by atoms with Gasteiger partial charge in [0.2, 0.25) is 5.78 Å². The van der Waals surface area contributed by atoms with Crippen molar-refractivity contribution in [3.05, 3.63) is 71.8 Å². The molecule has 1 saturated heterocycles. The van der Waals surface area contributed by atoms with Crippen LogP contribution in [0.2, 0.25) is 0 Å². The van der Waals surface area contributed by atoms with Crippen molar-refractivity contribution in [3.63, 3.8) is 0 Å². The molecule has 1 fully saturated rings. The number of carbonyl (C=O) groups is 3. The van der Waals surface area contributed by atoms with Crippen LogP contribution in [0.25, 0.3) is 0 Å². The molecular formula is C28H35NO4. The van der Waals surface area contributed by atoms with Crippen molar-refractivity contribution in [1.82, 2.24) is 5.32 Å². The van der Waals surface area contributed by atoms with E-state index in [1.54, 1.807) is 13.8 Å². The molecule has 0 amide bonds. The summed E-state index contributed by atoms with van der Waals surface area (Å²) in [6, 6.07) is 19.9. The number of esters is 2. The Morgan fingerprint density at radius 2 is 1.64 bits per heavy atom. The number of hydrogen-bond acceptors (Lipinski definition) is 5. The van der Waals surface area contributed by atoms with E-state index in [0.29, 0.717) is 13.0 Å². The van der Waals surface area contributed by atoms with E-state index in [-0.39, 0.29) is 11.8 Å². The van der Waals surface area contributed by atoms with Crippen LogP contribution in [0.3, 0.4) is 0 Å². The molecule has 1 aliphatic rings. The number of rotatable bonds is 9. The van der Waals surface area contributed by atoms with Gasteiger partial charge < -0.3 is 10.1 Å². The average Bonchev–Trinajstić information content (AvgIpc) is 2.85. The van der Waals surface area contributed by atoms with E-state index in [4.69, 9.17) is 4.74 Å². The normalized spacial score (nSPS) is 18.2. The van der Waals surface area contributed by atoms with Gasteiger partial charge in [0.15, 0.2) is 0 Å². The molecule has 1 heterocycles. The molecule has 0 radical (unpaired) electrons. The van der Waals surface area contributed by atoms with E-state index < -0.39 is 29.2 Å². The van der Waals surface area contributed by atoms with Crippen molar-refractivity contribution < 1.29 is 19.1 Å². The van der Waals surface area contributed by atoms with Gasteiger partial charge in [-0.3, -0.25) is 4.79 Å². The summed E-state index contributed by atoms with van der Waals surface area (Å²) in [6.45, 7) is 6.29. The minimum Gasteiger partial charge on any atom is -0.386 e. The Bertz CT molecular complexity index is 933. The van der Waals surface area contributed by atoms with E-state index in [9.17, 15) is 14.4 Å². The Labute approximate surface area is 196 Å². The van der Waals surface area contributed by atoms with E-state index in [2.05, 4.69) is 29.6 Å². The summed E-state index contributed by atoms with van der Waals surface area (Å²) in [5.41, 5.74) is 1.38. The fourth-order valence-corrected chi connectivity index (χ4v) is 4.61. The summed E-state index contributed by atoms with van der Waals surface area (Å²) in [7, 11) is 0. The molecule has 0 aromatic heterocycles. The van der Waals surface area contributed by atoms with E-state index in [1.165, 1.54) is 5.56 Å². The van der Waals surface area contributed by atoms with Gasteiger partial charge in [-0.2, -0.15) is 0 Å². The molecule has 0 saturated carbocycles. The summed E-state index contributed by atoms with van der Waals surface area (Å²) in [5, 5.41) is 3.06. The maximum absolute atomic E-state index is 13.2. The molecule has 1 N–H and O–H groups in total. The Hall–Kier alpha value is -2.79. The lowest BCUT2D eigenvalue weighted by molar-refractivity contribution is -0.168. The molecule has 0 bridgehead atoms. The van der Waals surface area contributed by atoms with Gasteiger partial charge >= 0.3 is 11.9 Å². The highest BCUT2D eigenvalue weighted by atomic mass is 16.6. The standard InChI is InChI=1S/C28H35NO4/c1-20(23(22-14-8-5-9-15-22)18-17-21-12-6-4-7-13-21)28(2,3)25(30)27(32)33-26(31)24-16-10-11-19-29-24/h4-9,12-15,20,23-24,29H,10-11,16-19H2,1-3H3/t20?,23-,24+/m1/s1. The molecule has 1 unspecified atom stereocenters. The molecule has 0 spiro atoms. The highest BCUT2D eigenvalue weighted by Gasteiger charge is 2.43. The fraction of sp³-hybridized carbons (Fsp3) is 0.464. The highest BCUT2D eigenvalue weighted by Crippen LogP contribution is 2.41. The number of Topliss-reactive ketones (excluding diaryl/α,β-unsaturated/α-hetero) is 1. The minimum absolute atomic E-state index is 0.0638. The van der Waals surface area contributed by atoms with Gasteiger partial charge in [0.1, 0.15) is 6.04 Å². The molecule has 33 heavy (non-hydrogen) atoms. The maximum atomic E-state index is 13.2. The molecule has 176 valence electrons. The molecular weight excluding hydrogens is 414 g/mol. The lowest BCUT2D eigenvalue weighted by Gasteiger charge is -2.36. The van der Waals surface area contributed by atoms with Gasteiger partial charge in [-0.05, 0) is 55.2 Å². The van der Waals surface area contributed by atoms with Crippen LogP contribution in [0.5, 0.6) is 0 Å². The Morgan fingerprint density at radius 3 is 2.24 bits per heavy atom. The molecule has 2 aromatic rings. The first-order valence-electron chi connectivity index (χ1n) is 11.9. The lowest BCUT2D eigenvalue weighted by Crippen LogP contribution is -2.45. The molecule has 5 nitrogen and oxygen atoms in total. The smallest absolute Gasteiger partial charge is 0.382 e. The lowest BCUT2D eigenvalue weighted by atomic mass is 9.67. The third-order valence-electron chi connectivity index (χ3n) is 7.12. The van der Waals surface area contributed by atoms with Crippen LogP contribution in [0.4, 0.5) is 0 Å². The van der Waals surface area contributed by atoms with Crippen LogP contribution >= 0.6 is 0 Å². The van der Waals surface area contributed by atoms with Crippen molar-refractivity contribution in [3.8, 4) is 0 Å². The van der Waals surface area contributed by atoms with Crippen molar-refractivity contribution in [2.24, 2.45) is 11.3 Å². The quantitative estimate of drug-likeness (QED) is 0.337. The molecule has 0 aliphatic carbocycles. The van der Waals surface area contributed by atoms with Crippen molar-refractivity contribution >= 4 is 17.7 Å². The van der Waals surface area contributed by atoms with Crippen LogP contribution in [0.1, 0.15) is 63.5 Å². The van der Waals surface area contributed by atoms with Crippen LogP contribution in [0, 0.1) is 11.3 Å². The zero-order chi connectivity index (χ0) is 23.8. The number of benzene rings is 2. The largest absolute Gasteiger partial charge is 0.386 e. The van der Waals surface area contributed by atoms with Gasteiger partial charge in [-0.1, -0.05) is 87.9 Å². The number of aryl methyl sites for hydroxylation is 1. The van der Waals surface area contributed by atoms with Crippen LogP contribution < -0.4 is 5.32 Å². The van der Waals surface area contributed by atoms with Crippen molar-refractivity contribution in [1.29, 1.82) is 0 Å². The third-order valence-corrected chi connectivity index (χ3v) is 7.12. The second-order valence-corrected chi connectivity index (χ2v) is 9.59. The summed E-state index contributed by atoms with van der Waals surface area (Å²) >= 11 is 0. The number of hydrogen-bond donors (Lipinski definition) is 1. The van der Waals surface area contributed by atoms with Crippen LogP contribution in [-0.2, 0) is 25.5 Å². The number of ketones is 1. The second kappa shape index (κ2) is 11.4. The number of carbonyl (C=O) groups excluding carboxylic acids is 3. The molecule has 1 aliphatic heterocycles. The summed E-state index contributed by atoms with van der Waals surface area (Å²) < 4.78 is 5.01. The number of ether oxygens (including phenoxy) is 1. The van der Waals surface area contributed by atoms with Gasteiger partial charge in [-0.15, -0.1) is 0 Å². The molecule has 3 atom stereocenters. The monoisotopic (exact) mass is 449 g/mol. The zero-order valence-electron chi connectivity index (χ0n) is 19.9. The number of piperidine rings is 1. The van der Waals surface area contributed by atoms with Crippen LogP contribution in [-0.4, -0.2) is 30.3 Å². The first-order valence-corrected chi connectivity index (χ1v) is 11.9. The highest BCUT2D eigenvalue weighted by molar-refractivity contribution is 6.37. The second-order valence-electron chi connectivity index (χ2n) is 9.59. The van der Waals surface area contributed by atoms with Gasteiger partial charge in [0.05, 0.1) is 0 Å². The SMILES string of the molecule is CC([C@@H](CCc1ccccc1)c1ccccc1)C(C)(C)C(=O)C(=O)OC(=O)[C@@H]1CCCCN1. The first kappa shape index (κ1) is 24.8. The van der Waals surface area contributed by atoms with Gasteiger partial charge in [0, 0.05) is 5.41 Å². The topological polar surface area (TPSA) is 72.5 Å². The predicted octanol–water partition coefficient (Wildman–Crippen LogP) is 4.85. The fourth-order valence-electron chi connectivity index (χ4n) is 4.61. The van der Waals surface area contributed by atoms with E-state index in [1.807, 2.05) is 43.3 Å². The Balaban J connectivity index is 1.73. The van der Waals surface area contributed by atoms with Crippen molar-refractivity contribution in [2.75, 3.05) is 6.54 Å². The minimum atomic E-state index is -1.06. The van der Waals surface area contributed by atoms with E-state index >= 15 is 0 Å². The molecule has 5 heteroatoms.